The van der Waals surface area contributed by atoms with Crippen LogP contribution in [-0.4, -0.2) is 54.8 Å². The zero-order valence-corrected chi connectivity index (χ0v) is 10.7. The topological polar surface area (TPSA) is 124 Å². The van der Waals surface area contributed by atoms with Crippen molar-refractivity contribution in [3.05, 3.63) is 18.5 Å². The van der Waals surface area contributed by atoms with E-state index in [1.807, 2.05) is 0 Å². The number of imidazole rings is 1. The largest absolute Gasteiger partial charge is 0.463 e. The summed E-state index contributed by atoms with van der Waals surface area (Å²) in [5.74, 6) is 0.145. The average molecular weight is 274 g/mol. The van der Waals surface area contributed by atoms with Crippen molar-refractivity contribution in [2.75, 3.05) is 19.5 Å². The van der Waals surface area contributed by atoms with Gasteiger partial charge in [0, 0.05) is 7.05 Å². The molecule has 0 aliphatic rings. The molecule has 2 N–H and O–H groups in total. The molecule has 0 aliphatic heterocycles. The van der Waals surface area contributed by atoms with Crippen molar-refractivity contribution in [1.82, 2.24) is 34.7 Å². The van der Waals surface area contributed by atoms with Gasteiger partial charge in [0.05, 0.1) is 13.4 Å². The Labute approximate surface area is 112 Å². The highest BCUT2D eigenvalue weighted by Gasteiger charge is 2.16. The van der Waals surface area contributed by atoms with Crippen molar-refractivity contribution >= 4 is 23.1 Å². The van der Waals surface area contributed by atoms with Gasteiger partial charge in [-0.25, -0.2) is 14.8 Å². The number of ether oxygens (including phenoxy) is 1. The van der Waals surface area contributed by atoms with Crippen LogP contribution in [0.4, 0.5) is 5.95 Å². The quantitative estimate of drug-likeness (QED) is 0.627. The van der Waals surface area contributed by atoms with E-state index in [4.69, 9.17) is 0 Å². The van der Waals surface area contributed by atoms with Gasteiger partial charge in [-0.2, -0.15) is 14.6 Å². The fourth-order valence-electron chi connectivity index (χ4n) is 1.65. The predicted octanol–water partition coefficient (Wildman–Crippen LogP) is -0.238. The van der Waals surface area contributed by atoms with Gasteiger partial charge in [-0.3, -0.25) is 0 Å². The highest BCUT2D eigenvalue weighted by molar-refractivity contribution is 5.85. The maximum atomic E-state index is 11.4. The lowest BCUT2D eigenvalue weighted by Crippen LogP contribution is -2.07. The number of nitrogens with zero attached hydrogens (tertiary/aromatic N) is 6. The van der Waals surface area contributed by atoms with Crippen molar-refractivity contribution < 1.29 is 9.53 Å². The number of carbonyl (C=O) groups is 1. The second-order valence-corrected chi connectivity index (χ2v) is 3.73. The van der Waals surface area contributed by atoms with Gasteiger partial charge < -0.3 is 15.0 Å². The Morgan fingerprint density at radius 1 is 1.40 bits per heavy atom. The van der Waals surface area contributed by atoms with E-state index in [1.165, 1.54) is 24.4 Å². The maximum Gasteiger partial charge on any atom is 0.377 e. The summed E-state index contributed by atoms with van der Waals surface area (Å²) in [6, 6.07) is 0. The van der Waals surface area contributed by atoms with Crippen molar-refractivity contribution in [3.8, 4) is 5.82 Å². The molecule has 3 heterocycles. The van der Waals surface area contributed by atoms with E-state index >= 15 is 0 Å². The Hall–Kier alpha value is -3.04. The smallest absolute Gasteiger partial charge is 0.377 e. The molecule has 0 radical (unpaired) electrons. The molecule has 0 aliphatic carbocycles. The molecule has 0 saturated carbocycles. The fraction of sp³-hybridized carbons (Fsp3) is 0.200. The standard InChI is InChI=1S/C10H10N8O2/c1-11-10-15-6-5(12-3-13-6)8(16-10)18-4-14-7(17-18)9(19)20-2/h3-4H,1-2H3,(H2,11,12,13,15,16). The van der Waals surface area contributed by atoms with Gasteiger partial charge >= 0.3 is 5.97 Å². The van der Waals surface area contributed by atoms with E-state index in [2.05, 4.69) is 40.1 Å². The molecular formula is C10H10N8O2. The number of H-pyrrole nitrogens is 1. The monoisotopic (exact) mass is 274 g/mol. The summed E-state index contributed by atoms with van der Waals surface area (Å²) in [6.07, 6.45) is 2.87. The normalized spacial score (nSPS) is 10.7. The molecule has 0 spiro atoms. The number of hydrogen-bond donors (Lipinski definition) is 2. The highest BCUT2D eigenvalue weighted by atomic mass is 16.5. The number of hydrogen-bond acceptors (Lipinski definition) is 8. The molecule has 3 aromatic rings. The van der Waals surface area contributed by atoms with Crippen LogP contribution >= 0.6 is 0 Å². The summed E-state index contributed by atoms with van der Waals surface area (Å²) in [4.78, 5) is 30.7. The first-order chi connectivity index (χ1) is 9.72. The molecule has 102 valence electrons. The first-order valence-corrected chi connectivity index (χ1v) is 5.62. The molecule has 0 atom stereocenters. The van der Waals surface area contributed by atoms with Gasteiger partial charge in [-0.1, -0.05) is 0 Å². The van der Waals surface area contributed by atoms with Crippen LogP contribution in [-0.2, 0) is 4.74 Å². The average Bonchev–Trinajstić information content (AvgIpc) is 3.13. The Bertz CT molecular complexity index is 777. The first kappa shape index (κ1) is 12.0. The number of esters is 1. The van der Waals surface area contributed by atoms with Gasteiger partial charge in [0.25, 0.3) is 5.82 Å². The Morgan fingerprint density at radius 3 is 3.00 bits per heavy atom. The van der Waals surface area contributed by atoms with Crippen LogP contribution in [0.15, 0.2) is 12.7 Å². The molecule has 0 bridgehead atoms. The van der Waals surface area contributed by atoms with E-state index in [-0.39, 0.29) is 5.82 Å². The van der Waals surface area contributed by atoms with E-state index in [0.29, 0.717) is 22.9 Å². The minimum atomic E-state index is -0.618. The number of rotatable bonds is 3. The molecule has 10 heteroatoms. The van der Waals surface area contributed by atoms with Crippen LogP contribution in [0.25, 0.3) is 17.0 Å². The summed E-state index contributed by atoms with van der Waals surface area (Å²) in [6.45, 7) is 0. The summed E-state index contributed by atoms with van der Waals surface area (Å²) >= 11 is 0. The number of nitrogens with one attached hydrogen (secondary N) is 2. The Kier molecular flexibility index (Phi) is 2.75. The SMILES string of the molecule is CNc1nc(-n2cnc(C(=O)OC)n2)c2[nH]cnc2n1. The number of aromatic nitrogens is 7. The fourth-order valence-corrected chi connectivity index (χ4v) is 1.65. The minimum absolute atomic E-state index is 0.0511. The first-order valence-electron chi connectivity index (χ1n) is 5.62. The molecular weight excluding hydrogens is 264 g/mol. The third-order valence-electron chi connectivity index (χ3n) is 2.57. The molecule has 3 rings (SSSR count). The van der Waals surface area contributed by atoms with Crippen molar-refractivity contribution in [2.45, 2.75) is 0 Å². The van der Waals surface area contributed by atoms with Crippen LogP contribution in [0, 0.1) is 0 Å². The lowest BCUT2D eigenvalue weighted by atomic mass is 10.5. The van der Waals surface area contributed by atoms with Crippen LogP contribution < -0.4 is 5.32 Å². The van der Waals surface area contributed by atoms with Crippen molar-refractivity contribution in [1.29, 1.82) is 0 Å². The third kappa shape index (κ3) is 1.83. The number of anilines is 1. The second kappa shape index (κ2) is 4.57. The molecule has 0 aromatic carbocycles. The Balaban J connectivity index is 2.15. The molecule has 0 amide bonds. The van der Waals surface area contributed by atoms with E-state index in [1.54, 1.807) is 7.05 Å². The minimum Gasteiger partial charge on any atom is -0.463 e. The lowest BCUT2D eigenvalue weighted by Gasteiger charge is -2.03. The molecule has 10 nitrogen and oxygen atoms in total. The molecule has 20 heavy (non-hydrogen) atoms. The van der Waals surface area contributed by atoms with Gasteiger partial charge in [-0.15, -0.1) is 5.10 Å². The maximum absolute atomic E-state index is 11.4. The van der Waals surface area contributed by atoms with Crippen LogP contribution in [0.5, 0.6) is 0 Å². The predicted molar refractivity (Wildman–Crippen MR) is 67.5 cm³/mol. The number of aromatic amines is 1. The van der Waals surface area contributed by atoms with Gasteiger partial charge in [0.1, 0.15) is 11.8 Å². The zero-order chi connectivity index (χ0) is 14.1. The van der Waals surface area contributed by atoms with Crippen LogP contribution in [0.2, 0.25) is 0 Å². The highest BCUT2D eigenvalue weighted by Crippen LogP contribution is 2.16. The van der Waals surface area contributed by atoms with Crippen LogP contribution in [0.1, 0.15) is 10.6 Å². The summed E-state index contributed by atoms with van der Waals surface area (Å²) in [5.41, 5.74) is 1.07. The van der Waals surface area contributed by atoms with Gasteiger partial charge in [0.2, 0.25) is 5.95 Å². The summed E-state index contributed by atoms with van der Waals surface area (Å²) < 4.78 is 5.92. The number of methoxy groups -OCH3 is 1. The Morgan fingerprint density at radius 2 is 2.25 bits per heavy atom. The van der Waals surface area contributed by atoms with Gasteiger partial charge in [-0.05, 0) is 0 Å². The number of fused-ring (bicyclic) bond motifs is 1. The van der Waals surface area contributed by atoms with E-state index in [9.17, 15) is 4.79 Å². The molecule has 0 saturated heterocycles. The summed E-state index contributed by atoms with van der Waals surface area (Å²) in [7, 11) is 2.96. The van der Waals surface area contributed by atoms with Gasteiger partial charge in [0.15, 0.2) is 11.5 Å². The third-order valence-corrected chi connectivity index (χ3v) is 2.57. The zero-order valence-electron chi connectivity index (χ0n) is 10.7. The lowest BCUT2D eigenvalue weighted by molar-refractivity contribution is 0.0587. The van der Waals surface area contributed by atoms with E-state index in [0.717, 1.165) is 0 Å². The second-order valence-electron chi connectivity index (χ2n) is 3.73. The summed E-state index contributed by atoms with van der Waals surface area (Å²) in [5, 5.41) is 6.85. The van der Waals surface area contributed by atoms with Crippen LogP contribution in [0.3, 0.4) is 0 Å². The molecule has 0 fully saturated rings. The van der Waals surface area contributed by atoms with Crippen molar-refractivity contribution in [2.24, 2.45) is 0 Å². The van der Waals surface area contributed by atoms with Crippen molar-refractivity contribution in [3.63, 3.8) is 0 Å². The molecule has 3 aromatic heterocycles. The molecule has 0 unspecified atom stereocenters. The number of carbonyl (C=O) groups excluding carboxylic acids is 1. The van der Waals surface area contributed by atoms with E-state index < -0.39 is 5.97 Å².